The number of aliphatic imine (C=N–C) groups is 1. The number of halogens is 4. The highest BCUT2D eigenvalue weighted by molar-refractivity contribution is 14.1. The van der Waals surface area contributed by atoms with Crippen molar-refractivity contribution in [3.05, 3.63) is 63.9 Å². The predicted octanol–water partition coefficient (Wildman–Crippen LogP) is 5.69. The number of alkyl halides is 3. The first-order chi connectivity index (χ1) is 10.9. The van der Waals surface area contributed by atoms with Gasteiger partial charge in [0, 0.05) is 15.2 Å². The number of nitrogens with zero attached hydrogens (tertiary/aromatic N) is 2. The van der Waals surface area contributed by atoms with Crippen LogP contribution in [-0.4, -0.2) is 16.6 Å². The average molecular weight is 428 g/mol. The Morgan fingerprint density at radius 3 is 2.39 bits per heavy atom. The van der Waals surface area contributed by atoms with Crippen molar-refractivity contribution in [2.45, 2.75) is 13.1 Å². The van der Waals surface area contributed by atoms with Crippen molar-refractivity contribution in [2.75, 3.05) is 0 Å². The van der Waals surface area contributed by atoms with Crippen LogP contribution in [0.3, 0.4) is 0 Å². The van der Waals surface area contributed by atoms with Crippen LogP contribution in [0.2, 0.25) is 0 Å². The van der Waals surface area contributed by atoms with E-state index in [1.807, 2.05) is 28.7 Å². The lowest BCUT2D eigenvalue weighted by atomic mass is 10.2. The molecular weight excluding hydrogens is 416 g/mol. The van der Waals surface area contributed by atoms with Gasteiger partial charge in [0.1, 0.15) is 0 Å². The number of aryl methyl sites for hydroxylation is 1. The molecule has 1 aromatic heterocycles. The lowest BCUT2D eigenvalue weighted by molar-refractivity contribution is -0.0613. The Balaban J connectivity index is 2.27. The fourth-order valence-electron chi connectivity index (χ4n) is 2.44. The van der Waals surface area contributed by atoms with Crippen LogP contribution in [0.5, 0.6) is 0 Å². The molecular formula is C17H12F3IN2. The number of benzene rings is 2. The second-order valence-corrected chi connectivity index (χ2v) is 6.25. The summed E-state index contributed by atoms with van der Waals surface area (Å²) < 4.78 is 42.6. The van der Waals surface area contributed by atoms with Gasteiger partial charge in [-0.3, -0.25) is 4.57 Å². The first-order valence-electron chi connectivity index (χ1n) is 6.85. The smallest absolute Gasteiger partial charge is 0.297 e. The molecule has 3 aromatic rings. The maximum Gasteiger partial charge on any atom is 0.450 e. The Bertz CT molecular complexity index is 894. The van der Waals surface area contributed by atoms with Crippen LogP contribution in [0.25, 0.3) is 10.9 Å². The van der Waals surface area contributed by atoms with Gasteiger partial charge >= 0.3 is 6.18 Å². The fraction of sp³-hybridized carbons (Fsp3) is 0.118. The minimum atomic E-state index is -4.56. The van der Waals surface area contributed by atoms with Gasteiger partial charge in [0.05, 0.1) is 11.2 Å². The maximum absolute atomic E-state index is 13.6. The fourth-order valence-corrected chi connectivity index (χ4v) is 2.94. The summed E-state index contributed by atoms with van der Waals surface area (Å²) in [5.74, 6) is -0.939. The van der Waals surface area contributed by atoms with Gasteiger partial charge in [-0.05, 0) is 53.3 Å². The van der Waals surface area contributed by atoms with Gasteiger partial charge in [-0.25, -0.2) is 4.99 Å². The summed E-state index contributed by atoms with van der Waals surface area (Å²) in [7, 11) is 0. The molecule has 23 heavy (non-hydrogen) atoms. The third-order valence-electron chi connectivity index (χ3n) is 3.47. The number of hydrogen-bond acceptors (Lipinski definition) is 1. The largest absolute Gasteiger partial charge is 0.450 e. The van der Waals surface area contributed by atoms with E-state index in [1.165, 1.54) is 6.20 Å². The molecule has 0 radical (unpaired) electrons. The van der Waals surface area contributed by atoms with E-state index in [2.05, 4.69) is 4.99 Å². The lowest BCUT2D eigenvalue weighted by Crippen LogP contribution is -2.29. The van der Waals surface area contributed by atoms with Gasteiger partial charge in [0.2, 0.25) is 5.84 Å². The van der Waals surface area contributed by atoms with E-state index in [1.54, 1.807) is 49.4 Å². The summed E-state index contributed by atoms with van der Waals surface area (Å²) in [6.07, 6.45) is -3.08. The normalized spacial score (nSPS) is 12.8. The molecule has 0 bridgehead atoms. The van der Waals surface area contributed by atoms with Crippen molar-refractivity contribution in [1.82, 2.24) is 4.57 Å². The van der Waals surface area contributed by atoms with Crippen molar-refractivity contribution in [1.29, 1.82) is 0 Å². The molecule has 0 unspecified atom stereocenters. The molecule has 2 nitrogen and oxygen atoms in total. The predicted molar refractivity (Wildman–Crippen MR) is 94.4 cm³/mol. The Morgan fingerprint density at radius 2 is 1.70 bits per heavy atom. The minimum Gasteiger partial charge on any atom is -0.297 e. The first kappa shape index (κ1) is 16.0. The molecule has 0 saturated carbocycles. The van der Waals surface area contributed by atoms with Crippen LogP contribution in [0, 0.1) is 10.5 Å². The number of hydrogen-bond donors (Lipinski definition) is 0. The van der Waals surface area contributed by atoms with E-state index < -0.39 is 12.0 Å². The summed E-state index contributed by atoms with van der Waals surface area (Å²) in [5, 5.41) is 0.784. The Morgan fingerprint density at radius 1 is 1.04 bits per heavy atom. The zero-order valence-corrected chi connectivity index (χ0v) is 14.3. The summed E-state index contributed by atoms with van der Waals surface area (Å²) in [6, 6.07) is 13.7. The molecule has 0 saturated heterocycles. The third-order valence-corrected chi connectivity index (χ3v) is 4.38. The molecule has 0 N–H and O–H groups in total. The van der Waals surface area contributed by atoms with E-state index in [9.17, 15) is 13.2 Å². The summed E-state index contributed by atoms with van der Waals surface area (Å²) in [4.78, 5) is 3.91. The molecule has 0 aliphatic rings. The zero-order valence-electron chi connectivity index (χ0n) is 12.1. The van der Waals surface area contributed by atoms with E-state index in [0.717, 1.165) is 15.5 Å². The van der Waals surface area contributed by atoms with E-state index in [-0.39, 0.29) is 0 Å². The molecule has 6 heteroatoms. The van der Waals surface area contributed by atoms with Gasteiger partial charge < -0.3 is 0 Å². The number of fused-ring (bicyclic) bond motifs is 1. The maximum atomic E-state index is 13.6. The molecule has 1 heterocycles. The van der Waals surface area contributed by atoms with Crippen LogP contribution < -0.4 is 0 Å². The number of para-hydroxylation sites is 2. The van der Waals surface area contributed by atoms with E-state index in [0.29, 0.717) is 14.8 Å². The SMILES string of the molecule is Cc1cn(C(=Nc2ccccc2I)C(F)(F)F)c2ccccc12. The molecule has 0 aliphatic carbocycles. The highest BCUT2D eigenvalue weighted by Crippen LogP contribution is 2.29. The molecule has 0 amide bonds. The molecule has 0 atom stereocenters. The lowest BCUT2D eigenvalue weighted by Gasteiger charge is -2.13. The van der Waals surface area contributed by atoms with Crippen LogP contribution in [-0.2, 0) is 0 Å². The van der Waals surface area contributed by atoms with Crippen LogP contribution in [0.4, 0.5) is 18.9 Å². The van der Waals surface area contributed by atoms with Crippen molar-refractivity contribution in [3.8, 4) is 0 Å². The van der Waals surface area contributed by atoms with E-state index >= 15 is 0 Å². The molecule has 2 aromatic carbocycles. The van der Waals surface area contributed by atoms with Crippen molar-refractivity contribution in [2.24, 2.45) is 4.99 Å². The van der Waals surface area contributed by atoms with E-state index in [4.69, 9.17) is 0 Å². The van der Waals surface area contributed by atoms with Gasteiger partial charge in [0.15, 0.2) is 0 Å². The van der Waals surface area contributed by atoms with Crippen LogP contribution in [0.1, 0.15) is 5.56 Å². The van der Waals surface area contributed by atoms with Gasteiger partial charge in [-0.1, -0.05) is 30.3 Å². The van der Waals surface area contributed by atoms with Crippen LogP contribution >= 0.6 is 22.6 Å². The van der Waals surface area contributed by atoms with Crippen molar-refractivity contribution >= 4 is 45.0 Å². The molecule has 0 fully saturated rings. The van der Waals surface area contributed by atoms with Gasteiger partial charge in [0.25, 0.3) is 0 Å². The standard InChI is InChI=1S/C17H12F3IN2/c1-11-10-23(15-9-5-2-6-12(11)15)16(17(18,19)20)22-14-8-4-3-7-13(14)21/h2-10H,1H3. The molecule has 118 valence electrons. The third kappa shape index (κ3) is 3.12. The van der Waals surface area contributed by atoms with Gasteiger partial charge in [-0.15, -0.1) is 0 Å². The van der Waals surface area contributed by atoms with Crippen LogP contribution in [0.15, 0.2) is 59.7 Å². The Labute approximate surface area is 144 Å². The summed E-state index contributed by atoms with van der Waals surface area (Å²) in [5.41, 5.74) is 1.57. The summed E-state index contributed by atoms with van der Waals surface area (Å²) in [6.45, 7) is 1.79. The highest BCUT2D eigenvalue weighted by Gasteiger charge is 2.38. The second-order valence-electron chi connectivity index (χ2n) is 5.08. The molecule has 3 rings (SSSR count). The quantitative estimate of drug-likeness (QED) is 0.269. The van der Waals surface area contributed by atoms with Crippen molar-refractivity contribution in [3.63, 3.8) is 0 Å². The Kier molecular flexibility index (Phi) is 4.18. The molecule has 0 aliphatic heterocycles. The Hall–Kier alpha value is -1.83. The minimum absolute atomic E-state index is 0.302. The number of rotatable bonds is 1. The number of aromatic nitrogens is 1. The van der Waals surface area contributed by atoms with Crippen molar-refractivity contribution < 1.29 is 13.2 Å². The second kappa shape index (κ2) is 5.99. The summed E-state index contributed by atoms with van der Waals surface area (Å²) >= 11 is 1.98. The topological polar surface area (TPSA) is 17.3 Å². The molecule has 0 spiro atoms. The average Bonchev–Trinajstić information content (AvgIpc) is 2.83. The monoisotopic (exact) mass is 428 g/mol. The zero-order chi connectivity index (χ0) is 16.6. The van der Waals surface area contributed by atoms with Gasteiger partial charge in [-0.2, -0.15) is 13.2 Å². The first-order valence-corrected chi connectivity index (χ1v) is 7.93. The highest BCUT2D eigenvalue weighted by atomic mass is 127.